The molecule has 0 aliphatic heterocycles. The number of hydrazone groups is 1. The Morgan fingerprint density at radius 2 is 1.82 bits per heavy atom. The predicted molar refractivity (Wildman–Crippen MR) is 133 cm³/mol. The van der Waals surface area contributed by atoms with Gasteiger partial charge < -0.3 is 9.47 Å². The predicted octanol–water partition coefficient (Wildman–Crippen LogP) is 5.52. The lowest BCUT2D eigenvalue weighted by Gasteiger charge is -2.09. The zero-order valence-corrected chi connectivity index (χ0v) is 21.0. The smallest absolute Gasteiger partial charge is 0.345 e. The van der Waals surface area contributed by atoms with Crippen LogP contribution in [0.1, 0.15) is 15.9 Å². The summed E-state index contributed by atoms with van der Waals surface area (Å²) >= 11 is 12.5. The van der Waals surface area contributed by atoms with Crippen molar-refractivity contribution in [2.45, 2.75) is 0 Å². The number of carbonyl (C=O) groups excluding carboxylic acids is 2. The lowest BCUT2D eigenvalue weighted by atomic mass is 10.2. The van der Waals surface area contributed by atoms with E-state index in [1.165, 1.54) is 24.4 Å². The Kier molecular flexibility index (Phi) is 8.74. The standard InChI is InChI=1S/C22H14Br2ClN3O6/c23-14-5-7-19(34-22(30)16-3-1-2-4-18(16)25)13(9-14)11-26-27-21(29)12-33-20-8-6-15(28(31)32)10-17(20)24/h1-11H,12H2,(H,27,29)/b26-11+. The lowest BCUT2D eigenvalue weighted by Crippen LogP contribution is -2.24. The Morgan fingerprint density at radius 3 is 2.53 bits per heavy atom. The summed E-state index contributed by atoms with van der Waals surface area (Å²) in [5.41, 5.74) is 2.80. The van der Waals surface area contributed by atoms with Crippen molar-refractivity contribution in [1.29, 1.82) is 0 Å². The molecule has 0 saturated carbocycles. The molecule has 0 bridgehead atoms. The maximum Gasteiger partial charge on any atom is 0.345 e. The van der Waals surface area contributed by atoms with E-state index in [4.69, 9.17) is 21.1 Å². The van der Waals surface area contributed by atoms with Crippen LogP contribution in [0.4, 0.5) is 5.69 Å². The number of esters is 1. The summed E-state index contributed by atoms with van der Waals surface area (Å²) in [6.45, 7) is -0.388. The fourth-order valence-electron chi connectivity index (χ4n) is 2.56. The number of nitro benzene ring substituents is 1. The van der Waals surface area contributed by atoms with Gasteiger partial charge in [0.2, 0.25) is 0 Å². The monoisotopic (exact) mass is 609 g/mol. The van der Waals surface area contributed by atoms with Crippen molar-refractivity contribution in [3.63, 3.8) is 0 Å². The van der Waals surface area contributed by atoms with E-state index in [-0.39, 0.29) is 34.4 Å². The Hall–Kier alpha value is -3.28. The topological polar surface area (TPSA) is 120 Å². The number of halogens is 3. The van der Waals surface area contributed by atoms with E-state index < -0.39 is 16.8 Å². The first kappa shape index (κ1) is 25.3. The molecule has 3 aromatic carbocycles. The number of nitrogens with one attached hydrogen (secondary N) is 1. The van der Waals surface area contributed by atoms with Crippen molar-refractivity contribution in [2.75, 3.05) is 6.61 Å². The maximum atomic E-state index is 12.5. The summed E-state index contributed by atoms with van der Waals surface area (Å²) in [4.78, 5) is 34.8. The molecule has 0 aliphatic rings. The first-order valence-electron chi connectivity index (χ1n) is 9.39. The number of nitrogens with zero attached hydrogens (tertiary/aromatic N) is 2. The molecule has 0 fully saturated rings. The van der Waals surface area contributed by atoms with Crippen LogP contribution >= 0.6 is 43.5 Å². The SMILES string of the molecule is O=C(COc1ccc([N+](=O)[O-])cc1Br)N/N=C/c1cc(Br)ccc1OC(=O)c1ccccc1Cl. The Labute approximate surface area is 215 Å². The second kappa shape index (κ2) is 11.7. The van der Waals surface area contributed by atoms with Gasteiger partial charge in [0.15, 0.2) is 6.61 Å². The van der Waals surface area contributed by atoms with Crippen molar-refractivity contribution in [2.24, 2.45) is 5.10 Å². The number of hydrogen-bond donors (Lipinski definition) is 1. The second-order valence-corrected chi connectivity index (χ2v) is 8.68. The molecular weight excluding hydrogens is 598 g/mol. The van der Waals surface area contributed by atoms with Gasteiger partial charge in [-0.25, -0.2) is 10.2 Å². The minimum Gasteiger partial charge on any atom is -0.483 e. The van der Waals surface area contributed by atoms with Crippen LogP contribution in [0.5, 0.6) is 11.5 Å². The highest BCUT2D eigenvalue weighted by Crippen LogP contribution is 2.29. The third-order valence-corrected chi connectivity index (χ3v) is 5.59. The molecule has 1 N–H and O–H groups in total. The average Bonchev–Trinajstić information content (AvgIpc) is 2.80. The van der Waals surface area contributed by atoms with Crippen molar-refractivity contribution in [1.82, 2.24) is 5.43 Å². The van der Waals surface area contributed by atoms with Gasteiger partial charge in [-0.05, 0) is 52.3 Å². The van der Waals surface area contributed by atoms with Gasteiger partial charge in [-0.3, -0.25) is 14.9 Å². The summed E-state index contributed by atoms with van der Waals surface area (Å²) in [6.07, 6.45) is 1.31. The first-order valence-corrected chi connectivity index (χ1v) is 11.4. The molecule has 12 heteroatoms. The Bertz CT molecular complexity index is 1290. The average molecular weight is 612 g/mol. The molecule has 0 radical (unpaired) electrons. The second-order valence-electron chi connectivity index (χ2n) is 6.51. The van der Waals surface area contributed by atoms with Gasteiger partial charge in [-0.15, -0.1) is 0 Å². The molecule has 1 amide bonds. The molecule has 0 atom stereocenters. The van der Waals surface area contributed by atoms with Crippen LogP contribution in [-0.2, 0) is 4.79 Å². The van der Waals surface area contributed by atoms with E-state index in [0.29, 0.717) is 14.5 Å². The van der Waals surface area contributed by atoms with E-state index in [0.717, 1.165) is 0 Å². The molecule has 3 aromatic rings. The summed E-state index contributed by atoms with van der Waals surface area (Å²) in [5, 5.41) is 14.9. The van der Waals surface area contributed by atoms with Crippen LogP contribution in [0.2, 0.25) is 5.02 Å². The summed E-state index contributed by atoms with van der Waals surface area (Å²) in [6, 6.07) is 15.3. The van der Waals surface area contributed by atoms with Crippen molar-refractivity contribution in [3.05, 3.63) is 95.9 Å². The molecule has 0 saturated heterocycles. The zero-order chi connectivity index (χ0) is 24.7. The molecule has 0 heterocycles. The fourth-order valence-corrected chi connectivity index (χ4v) is 3.64. The van der Waals surface area contributed by atoms with Gasteiger partial charge in [-0.2, -0.15) is 5.10 Å². The van der Waals surface area contributed by atoms with Gasteiger partial charge in [-0.1, -0.05) is 39.7 Å². The van der Waals surface area contributed by atoms with E-state index in [1.807, 2.05) is 0 Å². The minimum absolute atomic E-state index is 0.117. The van der Waals surface area contributed by atoms with E-state index in [9.17, 15) is 19.7 Å². The van der Waals surface area contributed by atoms with Crippen LogP contribution in [0.25, 0.3) is 0 Å². The number of non-ortho nitro benzene ring substituents is 1. The van der Waals surface area contributed by atoms with Gasteiger partial charge >= 0.3 is 5.97 Å². The van der Waals surface area contributed by atoms with E-state index in [1.54, 1.807) is 42.5 Å². The molecule has 9 nitrogen and oxygen atoms in total. The molecule has 0 aromatic heterocycles. The molecule has 3 rings (SSSR count). The highest BCUT2D eigenvalue weighted by molar-refractivity contribution is 9.10. The number of nitro groups is 1. The number of carbonyl (C=O) groups is 2. The Balaban J connectivity index is 1.62. The maximum absolute atomic E-state index is 12.5. The Morgan fingerprint density at radius 1 is 1.09 bits per heavy atom. The molecule has 174 valence electrons. The van der Waals surface area contributed by atoms with Gasteiger partial charge in [0.05, 0.1) is 26.2 Å². The highest BCUT2D eigenvalue weighted by atomic mass is 79.9. The summed E-state index contributed by atoms with van der Waals surface area (Å²) < 4.78 is 11.8. The molecule has 34 heavy (non-hydrogen) atoms. The number of benzene rings is 3. The van der Waals surface area contributed by atoms with Crippen LogP contribution in [0.15, 0.2) is 74.7 Å². The quantitative estimate of drug-likeness (QED) is 0.118. The van der Waals surface area contributed by atoms with Crippen LogP contribution in [-0.4, -0.2) is 29.6 Å². The van der Waals surface area contributed by atoms with E-state index in [2.05, 4.69) is 42.4 Å². The number of rotatable bonds is 8. The summed E-state index contributed by atoms with van der Waals surface area (Å²) in [7, 11) is 0. The normalized spacial score (nSPS) is 10.7. The van der Waals surface area contributed by atoms with Crippen LogP contribution < -0.4 is 14.9 Å². The van der Waals surface area contributed by atoms with Gasteiger partial charge in [0.1, 0.15) is 11.5 Å². The van der Waals surface area contributed by atoms with Gasteiger partial charge in [0, 0.05) is 22.2 Å². The van der Waals surface area contributed by atoms with Crippen molar-refractivity contribution in [3.8, 4) is 11.5 Å². The molecule has 0 unspecified atom stereocenters. The third kappa shape index (κ3) is 6.86. The fraction of sp³-hybridized carbons (Fsp3) is 0.0455. The number of hydrogen-bond acceptors (Lipinski definition) is 7. The van der Waals surface area contributed by atoms with Crippen molar-refractivity contribution < 1.29 is 24.0 Å². The highest BCUT2D eigenvalue weighted by Gasteiger charge is 2.15. The lowest BCUT2D eigenvalue weighted by molar-refractivity contribution is -0.384. The van der Waals surface area contributed by atoms with Gasteiger partial charge in [0.25, 0.3) is 11.6 Å². The molecule has 0 spiro atoms. The van der Waals surface area contributed by atoms with E-state index >= 15 is 0 Å². The number of ether oxygens (including phenoxy) is 2. The van der Waals surface area contributed by atoms with Crippen LogP contribution in [0, 0.1) is 10.1 Å². The third-order valence-electron chi connectivity index (χ3n) is 4.15. The summed E-state index contributed by atoms with van der Waals surface area (Å²) in [5.74, 6) is -0.762. The number of amides is 1. The molecular formula is C22H14Br2ClN3O6. The zero-order valence-electron chi connectivity index (χ0n) is 17.0. The molecule has 0 aliphatic carbocycles. The van der Waals surface area contributed by atoms with Crippen LogP contribution in [0.3, 0.4) is 0 Å². The minimum atomic E-state index is -0.645. The first-order chi connectivity index (χ1) is 16.2. The van der Waals surface area contributed by atoms with Crippen molar-refractivity contribution >= 4 is 67.2 Å². The largest absolute Gasteiger partial charge is 0.483 e.